The van der Waals surface area contributed by atoms with Gasteiger partial charge in [-0.1, -0.05) is 71.9 Å². The number of aliphatic hydroxyl groups excluding tert-OH is 2. The highest BCUT2D eigenvalue weighted by Crippen LogP contribution is 2.69. The molecular weight excluding hydrogens is 644 g/mol. The number of carbonyl (C=O) groups excluding carboxylic acids is 2. The number of methoxy groups -OCH3 is 1. The van der Waals surface area contributed by atoms with Crippen molar-refractivity contribution in [2.45, 2.75) is 105 Å². The van der Waals surface area contributed by atoms with E-state index in [1.165, 1.54) is 6.42 Å². The Kier molecular flexibility index (Phi) is 11.9. The van der Waals surface area contributed by atoms with Crippen LogP contribution in [0.15, 0.2) is 42.5 Å². The highest BCUT2D eigenvalue weighted by atomic mass is 16.7. The summed E-state index contributed by atoms with van der Waals surface area (Å²) in [6.45, 7) is 15.9. The van der Waals surface area contributed by atoms with E-state index in [2.05, 4.69) is 57.1 Å². The number of amides is 2. The molecule has 282 valence electrons. The summed E-state index contributed by atoms with van der Waals surface area (Å²) in [6.07, 6.45) is 1.34. The third-order valence-electron chi connectivity index (χ3n) is 12.8. The van der Waals surface area contributed by atoms with E-state index in [0.717, 1.165) is 36.1 Å². The molecule has 1 aliphatic heterocycles. The average molecular weight is 707 g/mol. The molecule has 4 aliphatic rings. The van der Waals surface area contributed by atoms with E-state index in [1.807, 2.05) is 56.6 Å². The van der Waals surface area contributed by atoms with Crippen molar-refractivity contribution in [3.05, 3.63) is 53.6 Å². The Balaban J connectivity index is 1.39. The molecule has 3 aliphatic carbocycles. The Morgan fingerprint density at radius 3 is 2.43 bits per heavy atom. The van der Waals surface area contributed by atoms with Crippen molar-refractivity contribution in [3.8, 4) is 16.9 Å². The summed E-state index contributed by atoms with van der Waals surface area (Å²) >= 11 is 0. The maximum absolute atomic E-state index is 14.3. The van der Waals surface area contributed by atoms with Gasteiger partial charge in [0.2, 0.25) is 5.91 Å². The fourth-order valence-corrected chi connectivity index (χ4v) is 9.43. The number of hydrogen-bond donors (Lipinski definition) is 4. The van der Waals surface area contributed by atoms with Gasteiger partial charge < -0.3 is 30.5 Å². The predicted molar refractivity (Wildman–Crippen MR) is 200 cm³/mol. The van der Waals surface area contributed by atoms with E-state index in [9.17, 15) is 19.8 Å². The van der Waals surface area contributed by atoms with Crippen LogP contribution in [0.3, 0.4) is 0 Å². The van der Waals surface area contributed by atoms with E-state index < -0.39 is 24.2 Å². The summed E-state index contributed by atoms with van der Waals surface area (Å²) in [5, 5.41) is 29.4. The molecule has 1 saturated heterocycles. The molecule has 0 radical (unpaired) electrons. The van der Waals surface area contributed by atoms with Crippen LogP contribution in [0.25, 0.3) is 11.1 Å². The van der Waals surface area contributed by atoms with E-state index in [-0.39, 0.29) is 47.9 Å². The molecule has 1 heterocycles. The van der Waals surface area contributed by atoms with Gasteiger partial charge in [-0.15, -0.1) is 0 Å². The van der Waals surface area contributed by atoms with Crippen LogP contribution in [-0.2, 0) is 16.2 Å². The summed E-state index contributed by atoms with van der Waals surface area (Å²) in [6, 6.07) is 12.6. The summed E-state index contributed by atoms with van der Waals surface area (Å²) in [7, 11) is 5.63. The molecule has 3 saturated carbocycles. The second-order valence-electron chi connectivity index (χ2n) is 17.0. The van der Waals surface area contributed by atoms with Crippen molar-refractivity contribution in [2.24, 2.45) is 34.5 Å². The Bertz CT molecular complexity index is 1530. The first-order valence-electron chi connectivity index (χ1n) is 18.8. The smallest absolute Gasteiger partial charge is 0.251 e. The van der Waals surface area contributed by atoms with Crippen molar-refractivity contribution in [1.29, 1.82) is 0 Å². The minimum atomic E-state index is -0.892. The van der Waals surface area contributed by atoms with Crippen molar-refractivity contribution >= 4 is 11.8 Å². The number of likely N-dealkylation sites (N-methyl/N-ethyl adjacent to an activating group) is 1. The number of hydroxylamine groups is 2. The number of benzene rings is 2. The molecule has 6 rings (SSSR count). The molecule has 9 atom stereocenters. The van der Waals surface area contributed by atoms with Crippen LogP contribution in [-0.4, -0.2) is 96.7 Å². The van der Waals surface area contributed by atoms with Crippen LogP contribution < -0.4 is 15.4 Å². The highest BCUT2D eigenvalue weighted by molar-refractivity contribution is 5.96. The molecular formula is C41H62N4O6. The fraction of sp³-hybridized carbons (Fsp3) is 0.659. The first-order valence-corrected chi connectivity index (χ1v) is 18.8. The molecule has 4 N–H and O–H groups in total. The summed E-state index contributed by atoms with van der Waals surface area (Å²) in [4.78, 5) is 36.1. The lowest BCUT2D eigenvalue weighted by atomic mass is 9.36. The van der Waals surface area contributed by atoms with E-state index in [4.69, 9.17) is 9.57 Å². The number of rotatable bonds is 14. The Morgan fingerprint density at radius 1 is 1.12 bits per heavy atom. The Morgan fingerprint density at radius 2 is 1.82 bits per heavy atom. The highest BCUT2D eigenvalue weighted by Gasteiger charge is 2.64. The molecule has 4 fully saturated rings. The van der Waals surface area contributed by atoms with Crippen LogP contribution in [0.2, 0.25) is 0 Å². The first kappa shape index (κ1) is 39.2. The normalized spacial score (nSPS) is 29.8. The zero-order chi connectivity index (χ0) is 37.4. The quantitative estimate of drug-likeness (QED) is 0.214. The van der Waals surface area contributed by atoms with Crippen molar-refractivity contribution < 1.29 is 29.4 Å². The summed E-state index contributed by atoms with van der Waals surface area (Å²) in [5.41, 5.74) is 3.33. The second kappa shape index (κ2) is 15.5. The summed E-state index contributed by atoms with van der Waals surface area (Å²) in [5.74, 6) is 0.926. The van der Waals surface area contributed by atoms with Crippen LogP contribution in [0.5, 0.6) is 5.75 Å². The standard InChI is InChI=1S/C41H62N4O6/c1-24(2)17-31(22-44(8)9)42-38(48)28-14-11-13-27(18-28)32-16-12-15-29(37(32)50-10)21-45-36(35(26(4)47)34(23-46)51-45)39(49)43-33-19-30-20-41(7,25(33)3)40(30,5)6/h11-16,18,24-26,30-31,33-36,46-47H,17,19-23H2,1-10H3,(H,42,48)(H,43,49)/t25-,26+,30+,31-,33+,34+,35-,36+,41+/m1/s1. The van der Waals surface area contributed by atoms with Gasteiger partial charge in [0.05, 0.1) is 26.4 Å². The first-order chi connectivity index (χ1) is 24.0. The van der Waals surface area contributed by atoms with Crippen molar-refractivity contribution in [2.75, 3.05) is 34.4 Å². The van der Waals surface area contributed by atoms with Crippen LogP contribution in [0.1, 0.15) is 83.7 Å². The predicted octanol–water partition coefficient (Wildman–Crippen LogP) is 5.12. The Labute approximate surface area is 305 Å². The lowest BCUT2D eigenvalue weighted by Gasteiger charge is -2.69. The molecule has 0 unspecified atom stereocenters. The lowest BCUT2D eigenvalue weighted by molar-refractivity contribution is -0.198. The zero-order valence-electron chi connectivity index (χ0n) is 32.4. The SMILES string of the molecule is COc1c(CN2O[C@@H](CO)[C@@H]([C@H](C)O)[C@H]2C(=O)N[C@H]2C[C@H]3C[C@@](C)([C@@H]2C)C3(C)C)cccc1-c1cccc(C(=O)N[C@H](CC(C)C)CN(C)C)c1. The molecule has 2 amide bonds. The number of nitrogens with zero attached hydrogens (tertiary/aromatic N) is 2. The van der Waals surface area contributed by atoms with Gasteiger partial charge in [-0.2, -0.15) is 5.06 Å². The fourth-order valence-electron chi connectivity index (χ4n) is 9.43. The molecule has 10 heteroatoms. The molecule has 2 aromatic carbocycles. The van der Waals surface area contributed by atoms with E-state index in [0.29, 0.717) is 29.1 Å². The minimum Gasteiger partial charge on any atom is -0.496 e. The maximum atomic E-state index is 14.3. The van der Waals surface area contributed by atoms with Gasteiger partial charge in [0.25, 0.3) is 5.91 Å². The van der Waals surface area contributed by atoms with E-state index in [1.54, 1.807) is 19.1 Å². The average Bonchev–Trinajstić information content (AvgIpc) is 3.44. The number of ether oxygens (including phenoxy) is 1. The third kappa shape index (κ3) is 7.72. The van der Waals surface area contributed by atoms with Crippen molar-refractivity contribution in [1.82, 2.24) is 20.6 Å². The Hall–Kier alpha value is -3.02. The third-order valence-corrected chi connectivity index (χ3v) is 12.8. The number of carbonyl (C=O) groups is 2. The van der Waals surface area contributed by atoms with Gasteiger partial charge in [-0.25, -0.2) is 0 Å². The van der Waals surface area contributed by atoms with E-state index >= 15 is 0 Å². The lowest BCUT2D eigenvalue weighted by Crippen LogP contribution is -2.67. The number of fused-ring (bicyclic) bond motifs is 2. The number of para-hydroxylation sites is 1. The van der Waals surface area contributed by atoms with Gasteiger partial charge in [-0.3, -0.25) is 14.4 Å². The number of aliphatic hydroxyl groups is 2. The van der Waals surface area contributed by atoms with Gasteiger partial charge in [0, 0.05) is 41.2 Å². The number of nitrogens with one attached hydrogen (secondary N) is 2. The van der Waals surface area contributed by atoms with Gasteiger partial charge in [-0.05, 0) is 86.6 Å². The minimum absolute atomic E-state index is 0.0184. The topological polar surface area (TPSA) is 124 Å². The van der Waals surface area contributed by atoms with Gasteiger partial charge in [0.15, 0.2) is 0 Å². The molecule has 51 heavy (non-hydrogen) atoms. The zero-order valence-corrected chi connectivity index (χ0v) is 32.4. The maximum Gasteiger partial charge on any atom is 0.251 e. The molecule has 0 aromatic heterocycles. The monoisotopic (exact) mass is 706 g/mol. The van der Waals surface area contributed by atoms with Crippen LogP contribution in [0, 0.1) is 34.5 Å². The van der Waals surface area contributed by atoms with Crippen LogP contribution >= 0.6 is 0 Å². The van der Waals surface area contributed by atoms with Gasteiger partial charge in [0.1, 0.15) is 17.9 Å². The summed E-state index contributed by atoms with van der Waals surface area (Å²) < 4.78 is 6.01. The van der Waals surface area contributed by atoms with Crippen LogP contribution in [0.4, 0.5) is 0 Å². The second-order valence-corrected chi connectivity index (χ2v) is 17.0. The molecule has 2 aromatic rings. The molecule has 2 bridgehead atoms. The van der Waals surface area contributed by atoms with Crippen molar-refractivity contribution in [3.63, 3.8) is 0 Å². The number of hydrogen-bond acceptors (Lipinski definition) is 8. The molecule has 10 nitrogen and oxygen atoms in total. The largest absolute Gasteiger partial charge is 0.496 e. The van der Waals surface area contributed by atoms with Gasteiger partial charge >= 0.3 is 0 Å². The molecule has 0 spiro atoms.